The summed E-state index contributed by atoms with van der Waals surface area (Å²) in [6.45, 7) is 6.33. The summed E-state index contributed by atoms with van der Waals surface area (Å²) in [5, 5.41) is 3.20. The van der Waals surface area contributed by atoms with Crippen LogP contribution in [0.2, 0.25) is 0 Å². The molecule has 0 aliphatic carbocycles. The zero-order valence-electron chi connectivity index (χ0n) is 12.9. The summed E-state index contributed by atoms with van der Waals surface area (Å²) in [6.07, 6.45) is 2.74. The molecule has 0 saturated carbocycles. The first-order valence-electron chi connectivity index (χ1n) is 7.55. The quantitative estimate of drug-likeness (QED) is 0.938. The topological polar surface area (TPSA) is 41.1 Å². The van der Waals surface area contributed by atoms with Gasteiger partial charge < -0.3 is 10.2 Å². The molecule has 0 atom stereocenters. The minimum atomic E-state index is 0.390. The van der Waals surface area contributed by atoms with Crippen molar-refractivity contribution < 1.29 is 0 Å². The second-order valence-electron chi connectivity index (χ2n) is 5.80. The van der Waals surface area contributed by atoms with Crippen LogP contribution >= 0.6 is 0 Å². The highest BCUT2D eigenvalue weighted by molar-refractivity contribution is 5.61. The van der Waals surface area contributed by atoms with E-state index >= 15 is 0 Å². The van der Waals surface area contributed by atoms with Gasteiger partial charge in [0.15, 0.2) is 0 Å². The van der Waals surface area contributed by atoms with Crippen LogP contribution in [-0.4, -0.2) is 23.6 Å². The van der Waals surface area contributed by atoms with Gasteiger partial charge >= 0.3 is 0 Å². The SMILES string of the molecule is CNc1ncnc(N2CCc3ccccc3C2)c1C(C)C. The molecule has 4 heteroatoms. The molecule has 110 valence electrons. The summed E-state index contributed by atoms with van der Waals surface area (Å²) in [6, 6.07) is 8.69. The van der Waals surface area contributed by atoms with Crippen molar-refractivity contribution in [3.63, 3.8) is 0 Å². The van der Waals surface area contributed by atoms with Crippen LogP contribution in [0, 0.1) is 0 Å². The first kappa shape index (κ1) is 13.9. The Labute approximate surface area is 126 Å². The minimum Gasteiger partial charge on any atom is -0.373 e. The van der Waals surface area contributed by atoms with Crippen molar-refractivity contribution in [2.45, 2.75) is 32.7 Å². The second-order valence-corrected chi connectivity index (χ2v) is 5.80. The van der Waals surface area contributed by atoms with Gasteiger partial charge in [-0.05, 0) is 23.5 Å². The fourth-order valence-corrected chi connectivity index (χ4v) is 3.05. The Morgan fingerprint density at radius 1 is 1.14 bits per heavy atom. The second kappa shape index (κ2) is 5.72. The Morgan fingerprint density at radius 3 is 2.62 bits per heavy atom. The Balaban J connectivity index is 1.99. The van der Waals surface area contributed by atoms with Crippen molar-refractivity contribution in [1.82, 2.24) is 9.97 Å². The van der Waals surface area contributed by atoms with Crippen LogP contribution in [0.5, 0.6) is 0 Å². The van der Waals surface area contributed by atoms with Gasteiger partial charge in [-0.2, -0.15) is 0 Å². The largest absolute Gasteiger partial charge is 0.373 e. The van der Waals surface area contributed by atoms with Crippen molar-refractivity contribution in [1.29, 1.82) is 0 Å². The zero-order valence-corrected chi connectivity index (χ0v) is 12.9. The summed E-state index contributed by atoms with van der Waals surface area (Å²) >= 11 is 0. The number of nitrogens with one attached hydrogen (secondary N) is 1. The highest BCUT2D eigenvalue weighted by Crippen LogP contribution is 2.33. The average molecular weight is 282 g/mol. The predicted molar refractivity (Wildman–Crippen MR) is 86.9 cm³/mol. The molecule has 0 unspecified atom stereocenters. The summed E-state index contributed by atoms with van der Waals surface area (Å²) in [7, 11) is 1.92. The molecule has 4 nitrogen and oxygen atoms in total. The van der Waals surface area contributed by atoms with Gasteiger partial charge in [0.05, 0.1) is 0 Å². The van der Waals surface area contributed by atoms with Gasteiger partial charge in [-0.3, -0.25) is 0 Å². The third-order valence-corrected chi connectivity index (χ3v) is 4.11. The van der Waals surface area contributed by atoms with Gasteiger partial charge in [0.25, 0.3) is 0 Å². The lowest BCUT2D eigenvalue weighted by Crippen LogP contribution is -2.32. The van der Waals surface area contributed by atoms with Gasteiger partial charge in [0.1, 0.15) is 18.0 Å². The van der Waals surface area contributed by atoms with Crippen LogP contribution in [0.4, 0.5) is 11.6 Å². The number of rotatable bonds is 3. The average Bonchev–Trinajstić information content (AvgIpc) is 2.53. The van der Waals surface area contributed by atoms with E-state index in [1.807, 2.05) is 7.05 Å². The fourth-order valence-electron chi connectivity index (χ4n) is 3.05. The summed E-state index contributed by atoms with van der Waals surface area (Å²) in [4.78, 5) is 11.3. The number of anilines is 2. The molecule has 21 heavy (non-hydrogen) atoms. The van der Waals surface area contributed by atoms with E-state index in [1.165, 1.54) is 16.7 Å². The normalized spacial score (nSPS) is 14.2. The van der Waals surface area contributed by atoms with E-state index in [0.29, 0.717) is 5.92 Å². The van der Waals surface area contributed by atoms with Crippen molar-refractivity contribution >= 4 is 11.6 Å². The molecule has 1 N–H and O–H groups in total. The summed E-state index contributed by atoms with van der Waals surface area (Å²) in [5.74, 6) is 2.40. The molecular formula is C17H22N4. The van der Waals surface area contributed by atoms with Crippen molar-refractivity contribution in [2.24, 2.45) is 0 Å². The molecule has 1 aromatic carbocycles. The maximum Gasteiger partial charge on any atom is 0.137 e. The van der Waals surface area contributed by atoms with Gasteiger partial charge in [-0.15, -0.1) is 0 Å². The summed E-state index contributed by atoms with van der Waals surface area (Å²) < 4.78 is 0. The molecule has 0 fully saturated rings. The molecule has 0 bridgehead atoms. The van der Waals surface area contributed by atoms with Crippen molar-refractivity contribution in [3.05, 3.63) is 47.3 Å². The molecule has 0 radical (unpaired) electrons. The lowest BCUT2D eigenvalue weighted by molar-refractivity contribution is 0.705. The Bertz CT molecular complexity index is 636. The minimum absolute atomic E-state index is 0.390. The Hall–Kier alpha value is -2.10. The standard InChI is InChI=1S/C17H22N4/c1-12(2)15-16(18-3)19-11-20-17(15)21-9-8-13-6-4-5-7-14(13)10-21/h4-7,11-12H,8-10H2,1-3H3,(H,18,19,20). The molecule has 3 rings (SSSR count). The molecule has 0 spiro atoms. The van der Waals surface area contributed by atoms with Crippen LogP contribution < -0.4 is 10.2 Å². The molecule has 1 aliphatic heterocycles. The number of aromatic nitrogens is 2. The van der Waals surface area contributed by atoms with Crippen LogP contribution in [0.1, 0.15) is 36.5 Å². The molecule has 0 saturated heterocycles. The van der Waals surface area contributed by atoms with E-state index < -0.39 is 0 Å². The van der Waals surface area contributed by atoms with Crippen LogP contribution in [0.15, 0.2) is 30.6 Å². The lowest BCUT2D eigenvalue weighted by Gasteiger charge is -2.32. The summed E-state index contributed by atoms with van der Waals surface area (Å²) in [5.41, 5.74) is 4.07. The van der Waals surface area contributed by atoms with Crippen molar-refractivity contribution in [2.75, 3.05) is 23.8 Å². The Kier molecular flexibility index (Phi) is 3.78. The van der Waals surface area contributed by atoms with E-state index in [-0.39, 0.29) is 0 Å². The van der Waals surface area contributed by atoms with Gasteiger partial charge in [0.2, 0.25) is 0 Å². The molecule has 0 amide bonds. The van der Waals surface area contributed by atoms with Gasteiger partial charge in [-0.25, -0.2) is 9.97 Å². The maximum absolute atomic E-state index is 4.58. The monoisotopic (exact) mass is 282 g/mol. The number of nitrogens with zero attached hydrogens (tertiary/aromatic N) is 3. The maximum atomic E-state index is 4.58. The number of fused-ring (bicyclic) bond motifs is 1. The van der Waals surface area contributed by atoms with E-state index in [2.05, 4.69) is 58.3 Å². The Morgan fingerprint density at radius 2 is 1.90 bits per heavy atom. The third kappa shape index (κ3) is 2.58. The highest BCUT2D eigenvalue weighted by Gasteiger charge is 2.22. The van der Waals surface area contributed by atoms with E-state index in [9.17, 15) is 0 Å². The van der Waals surface area contributed by atoms with E-state index in [1.54, 1.807) is 6.33 Å². The van der Waals surface area contributed by atoms with Gasteiger partial charge in [0, 0.05) is 25.7 Å². The van der Waals surface area contributed by atoms with Crippen LogP contribution in [-0.2, 0) is 13.0 Å². The highest BCUT2D eigenvalue weighted by atomic mass is 15.2. The first-order valence-corrected chi connectivity index (χ1v) is 7.55. The number of benzene rings is 1. The number of hydrogen-bond donors (Lipinski definition) is 1. The van der Waals surface area contributed by atoms with Crippen molar-refractivity contribution in [3.8, 4) is 0 Å². The van der Waals surface area contributed by atoms with Gasteiger partial charge in [-0.1, -0.05) is 38.1 Å². The predicted octanol–water partition coefficient (Wildman–Crippen LogP) is 3.20. The number of hydrogen-bond acceptors (Lipinski definition) is 4. The first-order chi connectivity index (χ1) is 10.2. The fraction of sp³-hybridized carbons (Fsp3) is 0.412. The molecule has 2 heterocycles. The zero-order chi connectivity index (χ0) is 14.8. The van der Waals surface area contributed by atoms with E-state index in [4.69, 9.17) is 0 Å². The van der Waals surface area contributed by atoms with Crippen LogP contribution in [0.25, 0.3) is 0 Å². The molecule has 1 aromatic heterocycles. The van der Waals surface area contributed by atoms with Crippen LogP contribution in [0.3, 0.4) is 0 Å². The smallest absolute Gasteiger partial charge is 0.137 e. The molecule has 1 aliphatic rings. The molecular weight excluding hydrogens is 260 g/mol. The van der Waals surface area contributed by atoms with E-state index in [0.717, 1.165) is 31.1 Å². The molecule has 2 aromatic rings. The lowest BCUT2D eigenvalue weighted by atomic mass is 9.98. The third-order valence-electron chi connectivity index (χ3n) is 4.11.